The van der Waals surface area contributed by atoms with Crippen LogP contribution in [0.3, 0.4) is 0 Å². The quantitative estimate of drug-likeness (QED) is 0.275. The third-order valence-electron chi connectivity index (χ3n) is 0.542. The molecule has 2 N–H and O–H groups in total. The fourth-order valence-electron chi connectivity index (χ4n) is 0.249. The highest BCUT2D eigenvalue weighted by molar-refractivity contribution is 5.80. The second-order valence-corrected chi connectivity index (χ2v) is 1.30. The average Bonchev–Trinajstić information content (AvgIpc) is 1.89. The van der Waals surface area contributed by atoms with E-state index in [-0.39, 0.29) is 0 Å². The van der Waals surface area contributed by atoms with Crippen molar-refractivity contribution in [2.45, 2.75) is 6.92 Å². The third-order valence-corrected chi connectivity index (χ3v) is 0.542. The maximum Gasteiger partial charge on any atom is 0.328 e. The third kappa shape index (κ3) is 30.0. The molecule has 0 atom stereocenters. The molecule has 0 amide bonds. The number of hydrogen-bond acceptors (Lipinski definition) is 3. The second-order valence-electron chi connectivity index (χ2n) is 1.30. The number of hydrogen-bond donors (Lipinski definition) is 2. The van der Waals surface area contributed by atoms with Gasteiger partial charge in [-0.05, 0) is 6.92 Å². The first-order valence-electron chi connectivity index (χ1n) is 2.68. The molecule has 0 aromatic carbocycles. The Morgan fingerprint density at radius 2 is 1.91 bits per heavy atom. The van der Waals surface area contributed by atoms with Crippen LogP contribution < -0.4 is 0 Å². The molecule has 0 heterocycles. The molecule has 0 aromatic rings. The van der Waals surface area contributed by atoms with Gasteiger partial charge in [-0.2, -0.15) is 0 Å². The minimum Gasteiger partial charge on any atom is -0.478 e. The minimum absolute atomic E-state index is 0.914. The molecule has 62 valence electrons. The molecule has 0 spiro atoms. The molecule has 11 heavy (non-hydrogen) atoms. The lowest BCUT2D eigenvalue weighted by Gasteiger charge is -1.72. The molecular formula is C6H9NO4. The van der Waals surface area contributed by atoms with Gasteiger partial charge in [0.05, 0.1) is 0 Å². The fourth-order valence-corrected chi connectivity index (χ4v) is 0.249. The summed E-state index contributed by atoms with van der Waals surface area (Å²) in [7, 11) is 0. The Kier molecular flexibility index (Phi) is 12.3. The van der Waals surface area contributed by atoms with Gasteiger partial charge in [-0.25, -0.2) is 4.79 Å². The summed E-state index contributed by atoms with van der Waals surface area (Å²) in [6, 6.07) is 0. The molecular weight excluding hydrogens is 150 g/mol. The van der Waals surface area contributed by atoms with Crippen LogP contribution in [-0.2, 0) is 4.79 Å². The lowest BCUT2D eigenvalue weighted by Crippen LogP contribution is -1.83. The van der Waals surface area contributed by atoms with Gasteiger partial charge < -0.3 is 10.3 Å². The zero-order chi connectivity index (χ0) is 9.11. The highest BCUT2D eigenvalue weighted by Crippen LogP contribution is 1.74. The van der Waals surface area contributed by atoms with Crippen molar-refractivity contribution >= 4 is 5.97 Å². The second kappa shape index (κ2) is 11.2. The van der Waals surface area contributed by atoms with E-state index in [4.69, 9.17) is 15.2 Å². The van der Waals surface area contributed by atoms with Gasteiger partial charge >= 0.3 is 5.97 Å². The zero-order valence-corrected chi connectivity index (χ0v) is 5.97. The number of rotatable bonds is 2. The topological polar surface area (TPSA) is 87.0 Å². The molecule has 0 aliphatic heterocycles. The lowest BCUT2D eigenvalue weighted by molar-refractivity contribution is -0.131. The Bertz CT molecular complexity index is 162. The van der Waals surface area contributed by atoms with E-state index in [1.807, 2.05) is 6.92 Å². The normalized spacial score (nSPS) is 9.18. The molecule has 0 bridgehead atoms. The Morgan fingerprint density at radius 3 is 2.18 bits per heavy atom. The molecule has 0 saturated carbocycles. The first kappa shape index (κ1) is 12.1. The van der Waals surface area contributed by atoms with E-state index in [2.05, 4.69) is 0 Å². The first-order chi connectivity index (χ1) is 5.18. The lowest BCUT2D eigenvalue weighted by atomic mass is 10.4. The van der Waals surface area contributed by atoms with Gasteiger partial charge in [-0.1, -0.05) is 18.2 Å². The SMILES string of the molecule is CC=CC=CC(=O)O.O=NO. The van der Waals surface area contributed by atoms with Crippen LogP contribution in [0.5, 0.6) is 0 Å². The van der Waals surface area contributed by atoms with Crippen molar-refractivity contribution < 1.29 is 15.1 Å². The molecule has 0 aromatic heterocycles. The van der Waals surface area contributed by atoms with Crippen LogP contribution in [0.25, 0.3) is 0 Å². The summed E-state index contributed by atoms with van der Waals surface area (Å²) >= 11 is 0. The Morgan fingerprint density at radius 1 is 1.45 bits per heavy atom. The molecule has 5 nitrogen and oxygen atoms in total. The number of nitrogens with zero attached hydrogens (tertiary/aromatic N) is 1. The van der Waals surface area contributed by atoms with Crippen LogP contribution in [0.4, 0.5) is 0 Å². The van der Waals surface area contributed by atoms with Crippen LogP contribution in [0.2, 0.25) is 0 Å². The Labute approximate surface area is 63.6 Å². The van der Waals surface area contributed by atoms with Crippen molar-refractivity contribution in [3.63, 3.8) is 0 Å². The Balaban J connectivity index is 0. The van der Waals surface area contributed by atoms with Crippen LogP contribution in [0.15, 0.2) is 29.6 Å². The van der Waals surface area contributed by atoms with Crippen molar-refractivity contribution in [1.29, 1.82) is 0 Å². The summed E-state index contributed by atoms with van der Waals surface area (Å²) in [5.74, 6) is -0.914. The summed E-state index contributed by atoms with van der Waals surface area (Å²) in [6.07, 6.45) is 5.98. The van der Waals surface area contributed by atoms with Crippen molar-refractivity contribution in [1.82, 2.24) is 0 Å². The zero-order valence-electron chi connectivity index (χ0n) is 5.97. The molecule has 5 heteroatoms. The van der Waals surface area contributed by atoms with Crippen molar-refractivity contribution in [2.75, 3.05) is 0 Å². The Hall–Kier alpha value is -1.65. The van der Waals surface area contributed by atoms with E-state index in [1.54, 1.807) is 12.2 Å². The largest absolute Gasteiger partial charge is 0.478 e. The van der Waals surface area contributed by atoms with Crippen LogP contribution in [-0.4, -0.2) is 16.3 Å². The monoisotopic (exact) mass is 159 g/mol. The number of aliphatic carboxylic acids is 1. The van der Waals surface area contributed by atoms with Gasteiger partial charge in [-0.15, -0.1) is 4.91 Å². The summed E-state index contributed by atoms with van der Waals surface area (Å²) in [4.78, 5) is 17.9. The van der Waals surface area contributed by atoms with Crippen molar-refractivity contribution in [3.05, 3.63) is 29.2 Å². The molecule has 0 saturated heterocycles. The molecule has 0 aliphatic rings. The van der Waals surface area contributed by atoms with E-state index < -0.39 is 5.97 Å². The molecule has 0 aliphatic carbocycles. The van der Waals surface area contributed by atoms with E-state index in [0.717, 1.165) is 6.08 Å². The van der Waals surface area contributed by atoms with Crippen LogP contribution >= 0.6 is 0 Å². The van der Waals surface area contributed by atoms with E-state index in [1.165, 1.54) is 11.4 Å². The number of allylic oxidation sites excluding steroid dienone is 3. The molecule has 0 fully saturated rings. The minimum atomic E-state index is -0.914. The van der Waals surface area contributed by atoms with Gasteiger partial charge in [0.1, 0.15) is 0 Å². The standard InChI is InChI=1S/C6H8O2.HNO2/c1-2-3-4-5-6(7)8;2-1-3/h2-5H,1H3,(H,7,8);(H,2,3). The number of carboxylic acids is 1. The molecule has 0 rings (SSSR count). The van der Waals surface area contributed by atoms with Gasteiger partial charge in [0.15, 0.2) is 5.34 Å². The first-order valence-corrected chi connectivity index (χ1v) is 2.68. The number of carbonyl (C=O) groups is 1. The number of carboxylic acid groups (broad SMARTS) is 1. The summed E-state index contributed by atoms with van der Waals surface area (Å²) in [5.41, 5.74) is 0. The van der Waals surface area contributed by atoms with E-state index in [0.29, 0.717) is 0 Å². The maximum absolute atomic E-state index is 9.75. The van der Waals surface area contributed by atoms with E-state index in [9.17, 15) is 4.79 Å². The maximum atomic E-state index is 9.75. The van der Waals surface area contributed by atoms with Gasteiger partial charge in [0.2, 0.25) is 0 Å². The van der Waals surface area contributed by atoms with Gasteiger partial charge in [0, 0.05) is 6.08 Å². The fraction of sp³-hybridized carbons (Fsp3) is 0.167. The average molecular weight is 159 g/mol. The van der Waals surface area contributed by atoms with E-state index >= 15 is 0 Å². The molecule has 0 unspecified atom stereocenters. The predicted molar refractivity (Wildman–Crippen MR) is 39.2 cm³/mol. The summed E-state index contributed by atoms with van der Waals surface area (Å²) in [5, 5.41) is 15.9. The predicted octanol–water partition coefficient (Wildman–Crippen LogP) is 1.35. The highest BCUT2D eigenvalue weighted by atomic mass is 16.6. The van der Waals surface area contributed by atoms with Crippen molar-refractivity contribution in [3.8, 4) is 0 Å². The summed E-state index contributed by atoms with van der Waals surface area (Å²) < 4.78 is 0. The van der Waals surface area contributed by atoms with Crippen LogP contribution in [0, 0.1) is 4.91 Å². The van der Waals surface area contributed by atoms with Gasteiger partial charge in [0.25, 0.3) is 0 Å². The van der Waals surface area contributed by atoms with Gasteiger partial charge in [-0.3, -0.25) is 0 Å². The van der Waals surface area contributed by atoms with Crippen molar-refractivity contribution in [2.24, 2.45) is 5.34 Å². The summed E-state index contributed by atoms with van der Waals surface area (Å²) in [6.45, 7) is 1.83. The molecule has 0 radical (unpaired) electrons. The smallest absolute Gasteiger partial charge is 0.328 e. The van der Waals surface area contributed by atoms with Crippen LogP contribution in [0.1, 0.15) is 6.92 Å². The highest BCUT2D eigenvalue weighted by Gasteiger charge is 1.78.